The molecule has 2 aromatic heterocycles. The fourth-order valence-electron chi connectivity index (χ4n) is 3.64. The van der Waals surface area contributed by atoms with Crippen molar-refractivity contribution < 1.29 is 4.79 Å². The van der Waals surface area contributed by atoms with E-state index >= 15 is 0 Å². The number of nitrogens with one attached hydrogen (secondary N) is 1. The Labute approximate surface area is 140 Å². The second-order valence-corrected chi connectivity index (χ2v) is 7.29. The third-order valence-electron chi connectivity index (χ3n) is 5.20. The van der Waals surface area contributed by atoms with Gasteiger partial charge < -0.3 is 4.90 Å². The predicted molar refractivity (Wildman–Crippen MR) is 86.3 cm³/mol. The molecular weight excluding hydrogens is 306 g/mol. The van der Waals surface area contributed by atoms with Gasteiger partial charge in [0.25, 0.3) is 5.91 Å². The highest BCUT2D eigenvalue weighted by molar-refractivity contribution is 5.92. The van der Waals surface area contributed by atoms with Gasteiger partial charge in [0.1, 0.15) is 11.5 Å². The average molecular weight is 329 g/mol. The number of aryl methyl sites for hydroxylation is 1. The van der Waals surface area contributed by atoms with Crippen molar-refractivity contribution in [3.8, 4) is 0 Å². The van der Waals surface area contributed by atoms with Gasteiger partial charge in [-0.1, -0.05) is 19.1 Å². The van der Waals surface area contributed by atoms with Crippen molar-refractivity contribution in [2.24, 2.45) is 18.9 Å². The van der Waals surface area contributed by atoms with Crippen molar-refractivity contribution in [1.82, 2.24) is 35.1 Å². The van der Waals surface area contributed by atoms with Crippen LogP contribution in [0.5, 0.6) is 0 Å². The van der Waals surface area contributed by atoms with Crippen LogP contribution in [0.2, 0.25) is 0 Å². The maximum atomic E-state index is 12.8. The van der Waals surface area contributed by atoms with Crippen LogP contribution in [0.25, 0.3) is 0 Å². The fourth-order valence-corrected chi connectivity index (χ4v) is 3.64. The molecule has 2 aromatic rings. The smallest absolute Gasteiger partial charge is 0.273 e. The number of amides is 1. The Morgan fingerprint density at radius 2 is 2.12 bits per heavy atom. The standard InChI is InChI=1S/C16H23N7O/c1-9(2)14-18-15(20-19-14)12-8-23(7-11(12)10-4-5-10)16(24)13-6-17-21-22(13)3/h6,9-12H,4-5,7-8H2,1-3H3,(H,18,19,20)/t11-,12+/m1/s1. The lowest BCUT2D eigenvalue weighted by Crippen LogP contribution is -2.30. The van der Waals surface area contributed by atoms with Crippen molar-refractivity contribution in [2.45, 2.75) is 38.5 Å². The van der Waals surface area contributed by atoms with Gasteiger partial charge in [-0.05, 0) is 24.7 Å². The highest BCUT2D eigenvalue weighted by Crippen LogP contribution is 2.47. The molecule has 8 nitrogen and oxygen atoms in total. The normalized spacial score (nSPS) is 24.1. The van der Waals surface area contributed by atoms with E-state index < -0.39 is 0 Å². The first-order chi connectivity index (χ1) is 11.5. The summed E-state index contributed by atoms with van der Waals surface area (Å²) in [6, 6.07) is 0. The summed E-state index contributed by atoms with van der Waals surface area (Å²) in [5.74, 6) is 3.47. The molecule has 8 heteroatoms. The summed E-state index contributed by atoms with van der Waals surface area (Å²) in [4.78, 5) is 19.4. The van der Waals surface area contributed by atoms with Gasteiger partial charge >= 0.3 is 0 Å². The number of aromatic nitrogens is 6. The van der Waals surface area contributed by atoms with Gasteiger partial charge in [0.15, 0.2) is 5.82 Å². The molecule has 0 spiro atoms. The zero-order valence-corrected chi connectivity index (χ0v) is 14.3. The third kappa shape index (κ3) is 2.59. The number of rotatable bonds is 4. The minimum atomic E-state index is -0.000696. The Balaban J connectivity index is 1.57. The molecule has 2 aliphatic rings. The minimum Gasteiger partial charge on any atom is -0.336 e. The van der Waals surface area contributed by atoms with Gasteiger partial charge in [0.05, 0.1) is 6.20 Å². The number of hydrogen-bond donors (Lipinski definition) is 1. The highest BCUT2D eigenvalue weighted by atomic mass is 16.2. The van der Waals surface area contributed by atoms with Gasteiger partial charge in [-0.2, -0.15) is 5.10 Å². The zero-order chi connectivity index (χ0) is 16.8. The first-order valence-corrected chi connectivity index (χ1v) is 8.60. The largest absolute Gasteiger partial charge is 0.336 e. The molecule has 1 aliphatic heterocycles. The van der Waals surface area contributed by atoms with Gasteiger partial charge in [0.2, 0.25) is 0 Å². The number of nitrogens with zero attached hydrogens (tertiary/aromatic N) is 6. The van der Waals surface area contributed by atoms with E-state index in [1.807, 2.05) is 4.90 Å². The van der Waals surface area contributed by atoms with Crippen LogP contribution in [-0.4, -0.2) is 54.1 Å². The second-order valence-electron chi connectivity index (χ2n) is 7.29. The molecule has 3 heterocycles. The Kier molecular flexibility index (Phi) is 3.62. The number of aromatic amines is 1. The molecule has 24 heavy (non-hydrogen) atoms. The van der Waals surface area contributed by atoms with Crippen LogP contribution in [0.3, 0.4) is 0 Å². The lowest BCUT2D eigenvalue weighted by molar-refractivity contribution is 0.0773. The Bertz CT molecular complexity index is 745. The van der Waals surface area contributed by atoms with Crippen molar-refractivity contribution in [3.63, 3.8) is 0 Å². The number of carbonyl (C=O) groups is 1. The van der Waals surface area contributed by atoms with E-state index in [1.165, 1.54) is 23.7 Å². The quantitative estimate of drug-likeness (QED) is 0.913. The van der Waals surface area contributed by atoms with E-state index in [4.69, 9.17) is 4.98 Å². The molecule has 1 amide bonds. The van der Waals surface area contributed by atoms with Crippen LogP contribution in [-0.2, 0) is 7.05 Å². The van der Waals surface area contributed by atoms with Crippen LogP contribution >= 0.6 is 0 Å². The van der Waals surface area contributed by atoms with E-state index in [1.54, 1.807) is 7.05 Å². The fraction of sp³-hybridized carbons (Fsp3) is 0.688. The maximum Gasteiger partial charge on any atom is 0.273 e. The van der Waals surface area contributed by atoms with Crippen LogP contribution < -0.4 is 0 Å². The predicted octanol–water partition coefficient (Wildman–Crippen LogP) is 1.32. The first kappa shape index (κ1) is 15.3. The molecule has 0 radical (unpaired) electrons. The zero-order valence-electron chi connectivity index (χ0n) is 14.3. The molecular formula is C16H23N7O. The third-order valence-corrected chi connectivity index (χ3v) is 5.20. The van der Waals surface area contributed by atoms with Crippen molar-refractivity contribution in [3.05, 3.63) is 23.5 Å². The highest BCUT2D eigenvalue weighted by Gasteiger charge is 2.46. The van der Waals surface area contributed by atoms with E-state index in [0.29, 0.717) is 30.0 Å². The second kappa shape index (κ2) is 5.68. The van der Waals surface area contributed by atoms with Crippen molar-refractivity contribution >= 4 is 5.91 Å². The van der Waals surface area contributed by atoms with E-state index in [0.717, 1.165) is 18.2 Å². The van der Waals surface area contributed by atoms with Crippen molar-refractivity contribution in [1.29, 1.82) is 0 Å². The van der Waals surface area contributed by atoms with Gasteiger partial charge in [-0.3, -0.25) is 9.89 Å². The number of H-pyrrole nitrogens is 1. The van der Waals surface area contributed by atoms with Crippen LogP contribution in [0.1, 0.15) is 60.7 Å². The molecule has 2 atom stereocenters. The Morgan fingerprint density at radius 1 is 1.33 bits per heavy atom. The van der Waals surface area contributed by atoms with Gasteiger partial charge in [0, 0.05) is 32.0 Å². The van der Waals surface area contributed by atoms with E-state index in [9.17, 15) is 4.79 Å². The molecule has 0 bridgehead atoms. The molecule has 4 rings (SSSR count). The minimum absolute atomic E-state index is 0.000696. The van der Waals surface area contributed by atoms with Crippen LogP contribution in [0.15, 0.2) is 6.20 Å². The molecule has 0 unspecified atom stereocenters. The summed E-state index contributed by atoms with van der Waals surface area (Å²) >= 11 is 0. The lowest BCUT2D eigenvalue weighted by atomic mass is 9.91. The summed E-state index contributed by atoms with van der Waals surface area (Å²) < 4.78 is 1.53. The number of hydrogen-bond acceptors (Lipinski definition) is 5. The molecule has 1 aliphatic carbocycles. The van der Waals surface area contributed by atoms with Crippen molar-refractivity contribution in [2.75, 3.05) is 13.1 Å². The summed E-state index contributed by atoms with van der Waals surface area (Å²) in [7, 11) is 1.75. The SMILES string of the molecule is CC(C)c1n[nH]c([C@H]2CN(C(=O)c3cnnn3C)C[C@@H]2C2CC2)n1. The van der Waals surface area contributed by atoms with E-state index in [-0.39, 0.29) is 11.8 Å². The lowest BCUT2D eigenvalue weighted by Gasteiger charge is -2.15. The molecule has 128 valence electrons. The average Bonchev–Trinajstić information content (AvgIpc) is 2.99. The molecule has 0 aromatic carbocycles. The molecule has 1 saturated heterocycles. The molecule has 2 fully saturated rings. The first-order valence-electron chi connectivity index (χ1n) is 8.60. The Morgan fingerprint density at radius 3 is 2.71 bits per heavy atom. The van der Waals surface area contributed by atoms with Gasteiger partial charge in [-0.15, -0.1) is 5.10 Å². The summed E-state index contributed by atoms with van der Waals surface area (Å²) in [5.41, 5.74) is 0.533. The topological polar surface area (TPSA) is 92.6 Å². The molecule has 1 saturated carbocycles. The summed E-state index contributed by atoms with van der Waals surface area (Å²) in [6.45, 7) is 5.63. The van der Waals surface area contributed by atoms with E-state index in [2.05, 4.69) is 34.4 Å². The Hall–Kier alpha value is -2.25. The number of likely N-dealkylation sites (tertiary alicyclic amines) is 1. The summed E-state index contributed by atoms with van der Waals surface area (Å²) in [5, 5.41) is 15.1. The van der Waals surface area contributed by atoms with Crippen LogP contribution in [0, 0.1) is 11.8 Å². The molecule has 1 N–H and O–H groups in total. The number of carbonyl (C=O) groups excluding carboxylic acids is 1. The maximum absolute atomic E-state index is 12.8. The summed E-state index contributed by atoms with van der Waals surface area (Å²) in [6.07, 6.45) is 4.04. The van der Waals surface area contributed by atoms with Gasteiger partial charge in [-0.25, -0.2) is 9.67 Å². The monoisotopic (exact) mass is 329 g/mol. The van der Waals surface area contributed by atoms with Crippen LogP contribution in [0.4, 0.5) is 0 Å².